The third kappa shape index (κ3) is 2.74. The van der Waals surface area contributed by atoms with Gasteiger partial charge in [0.25, 0.3) is 0 Å². The summed E-state index contributed by atoms with van der Waals surface area (Å²) in [5.74, 6) is 1.48. The van der Waals surface area contributed by atoms with E-state index in [2.05, 4.69) is 58.5 Å². The van der Waals surface area contributed by atoms with Gasteiger partial charge in [0.15, 0.2) is 0 Å². The van der Waals surface area contributed by atoms with Crippen LogP contribution in [0.2, 0.25) is 0 Å². The van der Waals surface area contributed by atoms with Crippen LogP contribution in [-0.2, 0) is 0 Å². The Hall–Kier alpha value is -1.32. The fourth-order valence-electron chi connectivity index (χ4n) is 2.65. The average Bonchev–Trinajstić information content (AvgIpc) is 2.88. The van der Waals surface area contributed by atoms with Crippen molar-refractivity contribution < 1.29 is 4.74 Å². The monoisotopic (exact) mass is 331 g/mol. The maximum atomic E-state index is 5.72. The fraction of sp³-hybridized carbons (Fsp3) is 0.294. The molecule has 0 amide bonds. The molecule has 1 N–H and O–H groups in total. The van der Waals surface area contributed by atoms with E-state index in [0.29, 0.717) is 12.0 Å². The van der Waals surface area contributed by atoms with Crippen LogP contribution in [0.1, 0.15) is 30.0 Å². The number of benzene rings is 2. The Labute approximate surface area is 128 Å². The minimum atomic E-state index is 0.318. The molecule has 1 aliphatic heterocycles. The standard InChI is InChI=1S/C17H18BrNO/c1-12(14-6-2-4-8-16(14)18)19-10-13-11-20-17-9-5-3-7-15(13)17/h2-9,12-13,19H,10-11H2,1H3/t12-,13?/m1/s1. The molecular weight excluding hydrogens is 314 g/mol. The molecular formula is C17H18BrNO. The highest BCUT2D eigenvalue weighted by molar-refractivity contribution is 9.10. The number of hydrogen-bond donors (Lipinski definition) is 1. The Balaban J connectivity index is 1.65. The van der Waals surface area contributed by atoms with Crippen molar-refractivity contribution in [1.29, 1.82) is 0 Å². The molecule has 0 spiro atoms. The summed E-state index contributed by atoms with van der Waals surface area (Å²) < 4.78 is 6.88. The van der Waals surface area contributed by atoms with Crippen molar-refractivity contribution in [1.82, 2.24) is 5.32 Å². The maximum absolute atomic E-state index is 5.72. The van der Waals surface area contributed by atoms with Gasteiger partial charge in [-0.25, -0.2) is 0 Å². The van der Waals surface area contributed by atoms with Crippen molar-refractivity contribution >= 4 is 15.9 Å². The molecule has 0 fully saturated rings. The van der Waals surface area contributed by atoms with Gasteiger partial charge in [0, 0.05) is 28.5 Å². The molecule has 2 nitrogen and oxygen atoms in total. The largest absolute Gasteiger partial charge is 0.493 e. The number of halogens is 1. The van der Waals surface area contributed by atoms with Gasteiger partial charge in [0.05, 0.1) is 6.61 Å². The van der Waals surface area contributed by atoms with Gasteiger partial charge < -0.3 is 10.1 Å². The molecule has 2 atom stereocenters. The molecule has 2 aromatic rings. The summed E-state index contributed by atoms with van der Waals surface area (Å²) in [6, 6.07) is 17.0. The van der Waals surface area contributed by atoms with Crippen molar-refractivity contribution in [2.45, 2.75) is 18.9 Å². The average molecular weight is 332 g/mol. The van der Waals surface area contributed by atoms with Crippen molar-refractivity contribution in [3.8, 4) is 5.75 Å². The van der Waals surface area contributed by atoms with E-state index in [4.69, 9.17) is 4.74 Å². The predicted molar refractivity (Wildman–Crippen MR) is 85.2 cm³/mol. The molecule has 0 saturated carbocycles. The van der Waals surface area contributed by atoms with Gasteiger partial charge in [-0.15, -0.1) is 0 Å². The SMILES string of the molecule is C[C@@H](NCC1COc2ccccc21)c1ccccc1Br. The summed E-state index contributed by atoms with van der Waals surface area (Å²) in [5, 5.41) is 3.61. The summed E-state index contributed by atoms with van der Waals surface area (Å²) in [6.07, 6.45) is 0. The molecule has 0 saturated heterocycles. The van der Waals surface area contributed by atoms with Crippen LogP contribution in [0.3, 0.4) is 0 Å². The summed E-state index contributed by atoms with van der Waals surface area (Å²) in [5.41, 5.74) is 2.61. The van der Waals surface area contributed by atoms with Crippen LogP contribution in [0.25, 0.3) is 0 Å². The van der Waals surface area contributed by atoms with Crippen molar-refractivity contribution in [2.24, 2.45) is 0 Å². The molecule has 1 unspecified atom stereocenters. The van der Waals surface area contributed by atoms with E-state index in [1.54, 1.807) is 0 Å². The maximum Gasteiger partial charge on any atom is 0.122 e. The van der Waals surface area contributed by atoms with Crippen LogP contribution < -0.4 is 10.1 Å². The number of ether oxygens (including phenoxy) is 1. The first kappa shape index (κ1) is 13.7. The molecule has 0 aromatic heterocycles. The first-order valence-corrected chi connectivity index (χ1v) is 7.74. The van der Waals surface area contributed by atoms with E-state index in [0.717, 1.165) is 23.4 Å². The summed E-state index contributed by atoms with van der Waals surface area (Å²) >= 11 is 3.61. The van der Waals surface area contributed by atoms with Gasteiger partial charge in [-0.2, -0.15) is 0 Å². The van der Waals surface area contributed by atoms with Crippen LogP contribution in [0.5, 0.6) is 5.75 Å². The lowest BCUT2D eigenvalue weighted by molar-refractivity contribution is 0.323. The summed E-state index contributed by atoms with van der Waals surface area (Å²) in [6.45, 7) is 3.90. The zero-order chi connectivity index (χ0) is 13.9. The molecule has 20 heavy (non-hydrogen) atoms. The van der Waals surface area contributed by atoms with Crippen molar-refractivity contribution in [2.75, 3.05) is 13.2 Å². The Bertz CT molecular complexity index is 599. The molecule has 0 radical (unpaired) electrons. The van der Waals surface area contributed by atoms with E-state index in [1.807, 2.05) is 18.2 Å². The molecule has 3 heteroatoms. The van der Waals surface area contributed by atoms with E-state index in [1.165, 1.54) is 11.1 Å². The second-order valence-electron chi connectivity index (χ2n) is 5.20. The summed E-state index contributed by atoms with van der Waals surface area (Å²) in [4.78, 5) is 0. The normalized spacial score (nSPS) is 18.4. The Morgan fingerprint density at radius 1 is 1.20 bits per heavy atom. The lowest BCUT2D eigenvalue weighted by Gasteiger charge is -2.18. The van der Waals surface area contributed by atoms with Crippen LogP contribution in [0.4, 0.5) is 0 Å². The third-order valence-electron chi connectivity index (χ3n) is 3.84. The van der Waals surface area contributed by atoms with E-state index in [-0.39, 0.29) is 0 Å². The van der Waals surface area contributed by atoms with Crippen LogP contribution in [0, 0.1) is 0 Å². The highest BCUT2D eigenvalue weighted by Gasteiger charge is 2.23. The minimum Gasteiger partial charge on any atom is -0.493 e. The highest BCUT2D eigenvalue weighted by Crippen LogP contribution is 2.33. The van der Waals surface area contributed by atoms with Gasteiger partial charge in [-0.3, -0.25) is 0 Å². The first-order chi connectivity index (χ1) is 9.75. The van der Waals surface area contributed by atoms with Crippen molar-refractivity contribution in [3.63, 3.8) is 0 Å². The van der Waals surface area contributed by atoms with E-state index >= 15 is 0 Å². The topological polar surface area (TPSA) is 21.3 Å². The minimum absolute atomic E-state index is 0.318. The van der Waals surface area contributed by atoms with Gasteiger partial charge in [0.2, 0.25) is 0 Å². The molecule has 0 bridgehead atoms. The first-order valence-electron chi connectivity index (χ1n) is 6.95. The smallest absolute Gasteiger partial charge is 0.122 e. The molecule has 1 heterocycles. The predicted octanol–water partition coefficient (Wildman–Crippen LogP) is 4.28. The number of rotatable bonds is 4. The molecule has 1 aliphatic rings. The Kier molecular flexibility index (Phi) is 4.08. The highest BCUT2D eigenvalue weighted by atomic mass is 79.9. The number of para-hydroxylation sites is 1. The van der Waals surface area contributed by atoms with Crippen LogP contribution in [0.15, 0.2) is 53.0 Å². The number of nitrogens with one attached hydrogen (secondary N) is 1. The quantitative estimate of drug-likeness (QED) is 0.902. The fourth-order valence-corrected chi connectivity index (χ4v) is 3.28. The second kappa shape index (κ2) is 5.98. The Morgan fingerprint density at radius 3 is 2.80 bits per heavy atom. The van der Waals surface area contributed by atoms with Crippen LogP contribution in [-0.4, -0.2) is 13.2 Å². The van der Waals surface area contributed by atoms with Gasteiger partial charge >= 0.3 is 0 Å². The van der Waals surface area contributed by atoms with Crippen LogP contribution >= 0.6 is 15.9 Å². The zero-order valence-electron chi connectivity index (χ0n) is 11.5. The Morgan fingerprint density at radius 2 is 1.95 bits per heavy atom. The molecule has 0 aliphatic carbocycles. The summed E-state index contributed by atoms with van der Waals surface area (Å²) in [7, 11) is 0. The number of fused-ring (bicyclic) bond motifs is 1. The van der Waals surface area contributed by atoms with E-state index < -0.39 is 0 Å². The molecule has 3 rings (SSSR count). The van der Waals surface area contributed by atoms with Crippen molar-refractivity contribution in [3.05, 3.63) is 64.1 Å². The lowest BCUT2D eigenvalue weighted by atomic mass is 10.0. The van der Waals surface area contributed by atoms with E-state index in [9.17, 15) is 0 Å². The second-order valence-corrected chi connectivity index (χ2v) is 6.05. The van der Waals surface area contributed by atoms with Gasteiger partial charge in [-0.05, 0) is 24.6 Å². The lowest BCUT2D eigenvalue weighted by Crippen LogP contribution is -2.25. The van der Waals surface area contributed by atoms with Gasteiger partial charge in [-0.1, -0.05) is 52.3 Å². The zero-order valence-corrected chi connectivity index (χ0v) is 13.1. The molecule has 104 valence electrons. The molecule has 2 aromatic carbocycles. The van der Waals surface area contributed by atoms with Gasteiger partial charge in [0.1, 0.15) is 5.75 Å². The third-order valence-corrected chi connectivity index (χ3v) is 4.56. The number of hydrogen-bond acceptors (Lipinski definition) is 2.